The standard InChI is InChI=1S/C11H17N7/c1-4-8(2)17(3)10-14-9(12)15-11(16-10)18-7-5-6-13-18/h5-8H,4H2,1-3H3,(H2,12,14,15,16). The first-order valence-electron chi connectivity index (χ1n) is 5.86. The van der Waals surface area contributed by atoms with Crippen molar-refractivity contribution in [2.75, 3.05) is 17.7 Å². The summed E-state index contributed by atoms with van der Waals surface area (Å²) in [6.07, 6.45) is 4.43. The van der Waals surface area contributed by atoms with Crippen LogP contribution in [0.3, 0.4) is 0 Å². The first-order chi connectivity index (χ1) is 8.61. The van der Waals surface area contributed by atoms with Crippen LogP contribution in [0, 0.1) is 0 Å². The van der Waals surface area contributed by atoms with Gasteiger partial charge in [-0.1, -0.05) is 6.92 Å². The molecule has 0 aliphatic heterocycles. The van der Waals surface area contributed by atoms with Crippen molar-refractivity contribution in [3.63, 3.8) is 0 Å². The smallest absolute Gasteiger partial charge is 0.257 e. The molecule has 0 bridgehead atoms. The van der Waals surface area contributed by atoms with Gasteiger partial charge in [-0.15, -0.1) is 0 Å². The Balaban J connectivity index is 2.38. The SMILES string of the molecule is CCC(C)N(C)c1nc(N)nc(-n2cccn2)n1. The van der Waals surface area contributed by atoms with Crippen LogP contribution in [-0.4, -0.2) is 37.8 Å². The van der Waals surface area contributed by atoms with Crippen molar-refractivity contribution in [3.8, 4) is 5.95 Å². The molecular weight excluding hydrogens is 230 g/mol. The number of nitrogen functional groups attached to an aromatic ring is 1. The van der Waals surface area contributed by atoms with Crippen molar-refractivity contribution in [2.45, 2.75) is 26.3 Å². The third-order valence-corrected chi connectivity index (χ3v) is 2.91. The highest BCUT2D eigenvalue weighted by Crippen LogP contribution is 2.13. The van der Waals surface area contributed by atoms with Crippen LogP contribution in [-0.2, 0) is 0 Å². The fraction of sp³-hybridized carbons (Fsp3) is 0.455. The molecule has 7 heteroatoms. The lowest BCUT2D eigenvalue weighted by Gasteiger charge is -2.23. The fourth-order valence-corrected chi connectivity index (χ4v) is 1.49. The molecule has 2 N–H and O–H groups in total. The number of hydrogen-bond acceptors (Lipinski definition) is 6. The first-order valence-corrected chi connectivity index (χ1v) is 5.86. The third kappa shape index (κ3) is 2.39. The lowest BCUT2D eigenvalue weighted by molar-refractivity contribution is 0.643. The van der Waals surface area contributed by atoms with Crippen LogP contribution in [0.2, 0.25) is 0 Å². The Kier molecular flexibility index (Phi) is 3.40. The van der Waals surface area contributed by atoms with Gasteiger partial charge in [0.15, 0.2) is 0 Å². The van der Waals surface area contributed by atoms with Crippen LogP contribution >= 0.6 is 0 Å². The molecule has 0 saturated heterocycles. The lowest BCUT2D eigenvalue weighted by atomic mass is 10.2. The molecule has 2 heterocycles. The minimum atomic E-state index is 0.195. The van der Waals surface area contributed by atoms with E-state index < -0.39 is 0 Å². The molecule has 96 valence electrons. The topological polar surface area (TPSA) is 85.8 Å². The van der Waals surface area contributed by atoms with Crippen molar-refractivity contribution in [3.05, 3.63) is 18.5 Å². The predicted molar refractivity (Wildman–Crippen MR) is 69.5 cm³/mol. The summed E-state index contributed by atoms with van der Waals surface area (Å²) < 4.78 is 1.56. The van der Waals surface area contributed by atoms with E-state index in [0.717, 1.165) is 6.42 Å². The summed E-state index contributed by atoms with van der Waals surface area (Å²) in [6, 6.07) is 2.13. The van der Waals surface area contributed by atoms with Gasteiger partial charge in [-0.2, -0.15) is 20.1 Å². The van der Waals surface area contributed by atoms with Gasteiger partial charge in [0.2, 0.25) is 11.9 Å². The number of aromatic nitrogens is 5. The van der Waals surface area contributed by atoms with Gasteiger partial charge in [-0.05, 0) is 19.4 Å². The molecule has 0 aromatic carbocycles. The summed E-state index contributed by atoms with van der Waals surface area (Å²) in [6.45, 7) is 4.22. The molecular formula is C11H17N7. The van der Waals surface area contributed by atoms with Crippen molar-refractivity contribution in [1.29, 1.82) is 0 Å². The molecule has 0 amide bonds. The maximum Gasteiger partial charge on any atom is 0.257 e. The third-order valence-electron chi connectivity index (χ3n) is 2.91. The second kappa shape index (κ2) is 4.99. The zero-order chi connectivity index (χ0) is 13.1. The molecule has 0 aliphatic carbocycles. The Morgan fingerprint density at radius 3 is 2.78 bits per heavy atom. The highest BCUT2D eigenvalue weighted by molar-refractivity contribution is 5.37. The second-order valence-corrected chi connectivity index (χ2v) is 4.11. The van der Waals surface area contributed by atoms with E-state index in [1.54, 1.807) is 23.1 Å². The number of nitrogens with two attached hydrogens (primary N) is 1. The fourth-order valence-electron chi connectivity index (χ4n) is 1.49. The van der Waals surface area contributed by atoms with Crippen LogP contribution in [0.4, 0.5) is 11.9 Å². The Morgan fingerprint density at radius 2 is 2.17 bits per heavy atom. The van der Waals surface area contributed by atoms with E-state index in [4.69, 9.17) is 5.73 Å². The molecule has 1 unspecified atom stereocenters. The lowest BCUT2D eigenvalue weighted by Crippen LogP contribution is -2.30. The Bertz CT molecular complexity index is 508. The van der Waals surface area contributed by atoms with Gasteiger partial charge < -0.3 is 10.6 Å². The largest absolute Gasteiger partial charge is 0.368 e. The number of hydrogen-bond donors (Lipinski definition) is 1. The van der Waals surface area contributed by atoms with Gasteiger partial charge in [0.1, 0.15) is 0 Å². The molecule has 7 nitrogen and oxygen atoms in total. The van der Waals surface area contributed by atoms with Crippen LogP contribution < -0.4 is 10.6 Å². The average molecular weight is 247 g/mol. The maximum atomic E-state index is 5.71. The Morgan fingerprint density at radius 1 is 1.39 bits per heavy atom. The van der Waals surface area contributed by atoms with E-state index in [2.05, 4.69) is 33.9 Å². The van der Waals surface area contributed by atoms with Crippen molar-refractivity contribution < 1.29 is 0 Å². The molecule has 18 heavy (non-hydrogen) atoms. The van der Waals surface area contributed by atoms with E-state index >= 15 is 0 Å². The summed E-state index contributed by atoms with van der Waals surface area (Å²) in [7, 11) is 1.94. The molecule has 2 aromatic heterocycles. The molecule has 0 saturated carbocycles. The molecule has 0 aliphatic rings. The average Bonchev–Trinajstić information content (AvgIpc) is 2.90. The van der Waals surface area contributed by atoms with E-state index in [-0.39, 0.29) is 5.95 Å². The van der Waals surface area contributed by atoms with Crippen molar-refractivity contribution in [2.24, 2.45) is 0 Å². The van der Waals surface area contributed by atoms with Gasteiger partial charge in [0, 0.05) is 25.5 Å². The van der Waals surface area contributed by atoms with Gasteiger partial charge in [0.25, 0.3) is 5.95 Å². The summed E-state index contributed by atoms with van der Waals surface area (Å²) in [5, 5.41) is 4.08. The summed E-state index contributed by atoms with van der Waals surface area (Å²) in [5.41, 5.74) is 5.71. The molecule has 0 fully saturated rings. The highest BCUT2D eigenvalue weighted by Gasteiger charge is 2.14. The minimum absolute atomic E-state index is 0.195. The number of nitrogens with zero attached hydrogens (tertiary/aromatic N) is 6. The predicted octanol–water partition coefficient (Wildman–Crippen LogP) is 0.874. The zero-order valence-electron chi connectivity index (χ0n) is 10.8. The molecule has 1 atom stereocenters. The molecule has 2 rings (SSSR count). The minimum Gasteiger partial charge on any atom is -0.368 e. The number of rotatable bonds is 4. The van der Waals surface area contributed by atoms with Crippen molar-refractivity contribution in [1.82, 2.24) is 24.7 Å². The van der Waals surface area contributed by atoms with Crippen LogP contribution in [0.25, 0.3) is 5.95 Å². The monoisotopic (exact) mass is 247 g/mol. The van der Waals surface area contributed by atoms with Crippen LogP contribution in [0.5, 0.6) is 0 Å². The van der Waals surface area contributed by atoms with E-state index in [1.165, 1.54) is 0 Å². The van der Waals surface area contributed by atoms with E-state index in [0.29, 0.717) is 17.9 Å². The van der Waals surface area contributed by atoms with Gasteiger partial charge in [0.05, 0.1) is 0 Å². The second-order valence-electron chi connectivity index (χ2n) is 4.11. The Hall–Kier alpha value is -2.18. The molecule has 0 radical (unpaired) electrons. The Labute approximate surface area is 106 Å². The molecule has 0 spiro atoms. The number of anilines is 2. The van der Waals surface area contributed by atoms with E-state index in [1.807, 2.05) is 11.9 Å². The van der Waals surface area contributed by atoms with Crippen LogP contribution in [0.1, 0.15) is 20.3 Å². The highest BCUT2D eigenvalue weighted by atomic mass is 15.4. The summed E-state index contributed by atoms with van der Waals surface area (Å²) in [4.78, 5) is 14.6. The van der Waals surface area contributed by atoms with Gasteiger partial charge in [-0.25, -0.2) is 4.68 Å². The maximum absolute atomic E-state index is 5.71. The zero-order valence-corrected chi connectivity index (χ0v) is 10.8. The summed E-state index contributed by atoms with van der Waals surface area (Å²) >= 11 is 0. The van der Waals surface area contributed by atoms with Gasteiger partial charge >= 0.3 is 0 Å². The summed E-state index contributed by atoms with van der Waals surface area (Å²) in [5.74, 6) is 1.18. The van der Waals surface area contributed by atoms with E-state index in [9.17, 15) is 0 Å². The molecule has 2 aromatic rings. The van der Waals surface area contributed by atoms with Gasteiger partial charge in [-0.3, -0.25) is 0 Å². The van der Waals surface area contributed by atoms with Crippen LogP contribution in [0.15, 0.2) is 18.5 Å². The van der Waals surface area contributed by atoms with Crippen molar-refractivity contribution >= 4 is 11.9 Å². The first kappa shape index (κ1) is 12.3. The normalized spacial score (nSPS) is 12.4. The quantitative estimate of drug-likeness (QED) is 0.863.